The maximum atomic E-state index is 5.45. The summed E-state index contributed by atoms with van der Waals surface area (Å²) in [6.07, 6.45) is 6.95. The number of aryl methyl sites for hydroxylation is 1. The topological polar surface area (TPSA) is 9.23 Å². The quantitative estimate of drug-likeness (QED) is 0.416. The van der Waals surface area contributed by atoms with Gasteiger partial charge >= 0.3 is 0 Å². The standard InChI is InChI=1S/C19H30OS/c1-6-17-9-11-18(12-10-17)21-15-13-16(2)8-7-14-19(3,4)20-5/h9-13H,6-8,14-15H2,1-5H3. The molecule has 0 aromatic heterocycles. The second-order valence-corrected chi connectivity index (χ2v) is 7.27. The molecule has 0 fully saturated rings. The summed E-state index contributed by atoms with van der Waals surface area (Å²) < 4.78 is 5.45. The minimum atomic E-state index is 0.00997. The summed E-state index contributed by atoms with van der Waals surface area (Å²) in [5.74, 6) is 1.06. The maximum absolute atomic E-state index is 5.45. The molecule has 118 valence electrons. The molecule has 0 aliphatic rings. The van der Waals surface area contributed by atoms with E-state index >= 15 is 0 Å². The average molecular weight is 307 g/mol. The van der Waals surface area contributed by atoms with E-state index in [0.717, 1.165) is 18.6 Å². The van der Waals surface area contributed by atoms with Gasteiger partial charge in [0.25, 0.3) is 0 Å². The Morgan fingerprint density at radius 1 is 1.24 bits per heavy atom. The Kier molecular flexibility index (Phi) is 8.13. The van der Waals surface area contributed by atoms with Gasteiger partial charge in [-0.25, -0.2) is 0 Å². The zero-order chi connectivity index (χ0) is 15.7. The number of benzene rings is 1. The predicted molar refractivity (Wildman–Crippen MR) is 95.2 cm³/mol. The molecule has 0 amide bonds. The van der Waals surface area contributed by atoms with Gasteiger partial charge in [0.05, 0.1) is 5.60 Å². The maximum Gasteiger partial charge on any atom is 0.0622 e. The monoisotopic (exact) mass is 306 g/mol. The van der Waals surface area contributed by atoms with Crippen LogP contribution in [0.2, 0.25) is 0 Å². The molecule has 0 atom stereocenters. The summed E-state index contributed by atoms with van der Waals surface area (Å²) in [5, 5.41) is 0. The average Bonchev–Trinajstić information content (AvgIpc) is 2.48. The highest BCUT2D eigenvalue weighted by Crippen LogP contribution is 2.21. The Balaban J connectivity index is 2.28. The first-order chi connectivity index (χ1) is 9.96. The first-order valence-electron chi connectivity index (χ1n) is 7.89. The van der Waals surface area contributed by atoms with Gasteiger partial charge in [0.1, 0.15) is 0 Å². The molecule has 1 aromatic carbocycles. The molecule has 0 saturated heterocycles. The number of allylic oxidation sites excluding steroid dienone is 1. The Morgan fingerprint density at radius 2 is 1.90 bits per heavy atom. The molecular formula is C19H30OS. The molecule has 1 rings (SSSR count). The molecular weight excluding hydrogens is 276 g/mol. The smallest absolute Gasteiger partial charge is 0.0622 e. The Morgan fingerprint density at radius 3 is 2.48 bits per heavy atom. The lowest BCUT2D eigenvalue weighted by molar-refractivity contribution is 0.0140. The van der Waals surface area contributed by atoms with Gasteiger partial charge < -0.3 is 4.74 Å². The number of ether oxygens (including phenoxy) is 1. The van der Waals surface area contributed by atoms with Crippen LogP contribution >= 0.6 is 11.8 Å². The summed E-state index contributed by atoms with van der Waals surface area (Å²) in [4.78, 5) is 1.36. The van der Waals surface area contributed by atoms with Crippen molar-refractivity contribution in [2.24, 2.45) is 0 Å². The third-order valence-electron chi connectivity index (χ3n) is 3.92. The van der Waals surface area contributed by atoms with Crippen molar-refractivity contribution in [3.05, 3.63) is 41.5 Å². The molecule has 0 unspecified atom stereocenters. The molecule has 0 N–H and O–H groups in total. The Labute approximate surface area is 135 Å². The van der Waals surface area contributed by atoms with Crippen molar-refractivity contribution in [1.82, 2.24) is 0 Å². The van der Waals surface area contributed by atoms with Crippen LogP contribution < -0.4 is 0 Å². The van der Waals surface area contributed by atoms with Gasteiger partial charge in [-0.2, -0.15) is 0 Å². The van der Waals surface area contributed by atoms with Crippen LogP contribution in [0.1, 0.15) is 52.5 Å². The third-order valence-corrected chi connectivity index (χ3v) is 4.85. The van der Waals surface area contributed by atoms with E-state index in [1.54, 1.807) is 7.11 Å². The summed E-state index contributed by atoms with van der Waals surface area (Å²) in [6.45, 7) is 8.74. The highest BCUT2D eigenvalue weighted by molar-refractivity contribution is 7.99. The van der Waals surface area contributed by atoms with E-state index in [0.29, 0.717) is 0 Å². The van der Waals surface area contributed by atoms with Gasteiger partial charge in [0.2, 0.25) is 0 Å². The van der Waals surface area contributed by atoms with E-state index in [1.165, 1.54) is 28.9 Å². The fourth-order valence-electron chi connectivity index (χ4n) is 2.10. The summed E-state index contributed by atoms with van der Waals surface area (Å²) in [7, 11) is 1.79. The second kappa shape index (κ2) is 9.32. The lowest BCUT2D eigenvalue weighted by Crippen LogP contribution is -2.21. The molecule has 21 heavy (non-hydrogen) atoms. The van der Waals surface area contributed by atoms with Crippen LogP contribution in [0.25, 0.3) is 0 Å². The van der Waals surface area contributed by atoms with Gasteiger partial charge in [-0.3, -0.25) is 0 Å². The van der Waals surface area contributed by atoms with Gasteiger partial charge in [-0.05, 0) is 64.2 Å². The minimum Gasteiger partial charge on any atom is -0.379 e. The van der Waals surface area contributed by atoms with Gasteiger partial charge in [-0.15, -0.1) is 11.8 Å². The highest BCUT2D eigenvalue weighted by atomic mass is 32.2. The number of hydrogen-bond donors (Lipinski definition) is 0. The van der Waals surface area contributed by atoms with Gasteiger partial charge in [0, 0.05) is 17.8 Å². The second-order valence-electron chi connectivity index (χ2n) is 6.18. The van der Waals surface area contributed by atoms with Crippen LogP contribution in [0.3, 0.4) is 0 Å². The Hall–Kier alpha value is -0.730. The minimum absolute atomic E-state index is 0.00997. The van der Waals surface area contributed by atoms with Crippen molar-refractivity contribution >= 4 is 11.8 Å². The zero-order valence-corrected chi connectivity index (χ0v) is 15.1. The van der Waals surface area contributed by atoms with Crippen LogP contribution in [-0.4, -0.2) is 18.5 Å². The van der Waals surface area contributed by atoms with E-state index in [-0.39, 0.29) is 5.60 Å². The molecule has 1 aromatic rings. The van der Waals surface area contributed by atoms with Crippen LogP contribution in [0.15, 0.2) is 40.8 Å². The summed E-state index contributed by atoms with van der Waals surface area (Å²) >= 11 is 1.91. The highest BCUT2D eigenvalue weighted by Gasteiger charge is 2.14. The van der Waals surface area contributed by atoms with Crippen molar-refractivity contribution in [2.45, 2.75) is 63.9 Å². The van der Waals surface area contributed by atoms with Crippen molar-refractivity contribution < 1.29 is 4.74 Å². The summed E-state index contributed by atoms with van der Waals surface area (Å²) in [6, 6.07) is 8.92. The lowest BCUT2D eigenvalue weighted by atomic mass is 9.99. The van der Waals surface area contributed by atoms with Crippen molar-refractivity contribution in [3.63, 3.8) is 0 Å². The van der Waals surface area contributed by atoms with Crippen molar-refractivity contribution in [3.8, 4) is 0 Å². The SMILES string of the molecule is CCc1ccc(SCC=C(C)CCCC(C)(C)OC)cc1. The Bertz CT molecular complexity index is 431. The fraction of sp³-hybridized carbons (Fsp3) is 0.579. The summed E-state index contributed by atoms with van der Waals surface area (Å²) in [5.41, 5.74) is 2.90. The number of rotatable bonds is 9. The van der Waals surface area contributed by atoms with Crippen LogP contribution in [0.5, 0.6) is 0 Å². The van der Waals surface area contributed by atoms with Crippen LogP contribution in [-0.2, 0) is 11.2 Å². The molecule has 1 nitrogen and oxygen atoms in total. The molecule has 0 spiro atoms. The molecule has 2 heteroatoms. The van der Waals surface area contributed by atoms with Crippen LogP contribution in [0.4, 0.5) is 0 Å². The fourth-order valence-corrected chi connectivity index (χ4v) is 2.99. The normalized spacial score (nSPS) is 12.7. The molecule has 0 aliphatic carbocycles. The third kappa shape index (κ3) is 7.73. The van der Waals surface area contributed by atoms with Gasteiger partial charge in [-0.1, -0.05) is 30.7 Å². The first kappa shape index (κ1) is 18.3. The van der Waals surface area contributed by atoms with E-state index in [2.05, 4.69) is 58.0 Å². The number of methoxy groups -OCH3 is 1. The number of hydrogen-bond acceptors (Lipinski definition) is 2. The van der Waals surface area contributed by atoms with Gasteiger partial charge in [0.15, 0.2) is 0 Å². The van der Waals surface area contributed by atoms with E-state index in [9.17, 15) is 0 Å². The largest absolute Gasteiger partial charge is 0.379 e. The van der Waals surface area contributed by atoms with E-state index < -0.39 is 0 Å². The van der Waals surface area contributed by atoms with E-state index in [1.807, 2.05) is 11.8 Å². The first-order valence-corrected chi connectivity index (χ1v) is 8.88. The van der Waals surface area contributed by atoms with E-state index in [4.69, 9.17) is 4.74 Å². The van der Waals surface area contributed by atoms with Crippen molar-refractivity contribution in [1.29, 1.82) is 0 Å². The molecule has 0 bridgehead atoms. The van der Waals surface area contributed by atoms with Crippen molar-refractivity contribution in [2.75, 3.05) is 12.9 Å². The number of thioether (sulfide) groups is 1. The molecule has 0 saturated carbocycles. The molecule has 0 radical (unpaired) electrons. The zero-order valence-electron chi connectivity index (χ0n) is 14.2. The van der Waals surface area contributed by atoms with Crippen LogP contribution in [0, 0.1) is 0 Å². The lowest BCUT2D eigenvalue weighted by Gasteiger charge is -2.22. The molecule has 0 aliphatic heterocycles. The predicted octanol–water partition coefficient (Wildman–Crippen LogP) is 5.88. The molecule has 0 heterocycles.